The third-order valence-electron chi connectivity index (χ3n) is 2.97. The molecule has 60 valence electrons. The monoisotopic (exact) mass is 144 g/mol. The molecule has 0 saturated heterocycles. The Morgan fingerprint density at radius 3 is 2.20 bits per heavy atom. The summed E-state index contributed by atoms with van der Waals surface area (Å²) in [5, 5.41) is 0. The van der Waals surface area contributed by atoms with Crippen LogP contribution >= 0.6 is 0 Å². The quantitative estimate of drug-likeness (QED) is 0.487. The van der Waals surface area contributed by atoms with Gasteiger partial charge in [-0.15, -0.1) is 0 Å². The third-order valence-corrected chi connectivity index (χ3v) is 2.97. The minimum Gasteiger partial charge on any atom is -0.0594 e. The second-order valence-corrected chi connectivity index (χ2v) is 4.31. The van der Waals surface area contributed by atoms with Gasteiger partial charge in [0, 0.05) is 5.48 Å². The molecule has 1 aliphatic rings. The molecule has 0 spiro atoms. The predicted molar refractivity (Wildman–Crippen MR) is 46.0 cm³/mol. The van der Waals surface area contributed by atoms with Gasteiger partial charge in [0.05, 0.1) is 0 Å². The zero-order valence-electron chi connectivity index (χ0n) is 11.4. The van der Waals surface area contributed by atoms with Gasteiger partial charge in [-0.05, 0) is 23.6 Å². The van der Waals surface area contributed by atoms with Crippen LogP contribution in [0.1, 0.15) is 58.8 Å². The second-order valence-electron chi connectivity index (χ2n) is 4.31. The first kappa shape index (κ1) is 4.13. The van der Waals surface area contributed by atoms with E-state index in [2.05, 4.69) is 0 Å². The number of rotatable bonds is 0. The van der Waals surface area contributed by atoms with Crippen molar-refractivity contribution in [1.29, 1.82) is 0 Å². The molecule has 0 heterocycles. The molecule has 0 bridgehead atoms. The fourth-order valence-electron chi connectivity index (χ4n) is 1.14. The Kier molecular flexibility index (Phi) is 0.930. The van der Waals surface area contributed by atoms with Crippen molar-refractivity contribution in [2.45, 2.75) is 53.3 Å². The van der Waals surface area contributed by atoms with E-state index < -0.39 is 18.2 Å². The van der Waals surface area contributed by atoms with Crippen molar-refractivity contribution in [2.75, 3.05) is 0 Å². The van der Waals surface area contributed by atoms with Crippen molar-refractivity contribution in [1.82, 2.24) is 0 Å². The van der Waals surface area contributed by atoms with E-state index >= 15 is 0 Å². The lowest BCUT2D eigenvalue weighted by atomic mass is 9.60. The Labute approximate surface area is 70.6 Å². The summed E-state index contributed by atoms with van der Waals surface area (Å²) in [7, 11) is 0. The fraction of sp³-hybridized carbons (Fsp3) is 1.00. The summed E-state index contributed by atoms with van der Waals surface area (Å²) in [6.45, 7) is 7.73. The van der Waals surface area contributed by atoms with Gasteiger partial charge in [0.25, 0.3) is 0 Å². The standard InChI is InChI=1S/C10H20/c1-9(2)7-5-6-8-10(9,3)4/h5-8H2,1-4H3/i5D2,7D2. The van der Waals surface area contributed by atoms with Crippen LogP contribution in [-0.2, 0) is 0 Å². The summed E-state index contributed by atoms with van der Waals surface area (Å²) < 4.78 is 31.5. The fourth-order valence-corrected chi connectivity index (χ4v) is 1.14. The van der Waals surface area contributed by atoms with Crippen LogP contribution in [0.25, 0.3) is 0 Å². The van der Waals surface area contributed by atoms with Gasteiger partial charge in [0.2, 0.25) is 0 Å². The van der Waals surface area contributed by atoms with Gasteiger partial charge in [-0.1, -0.05) is 40.5 Å². The first-order valence-corrected chi connectivity index (χ1v) is 3.96. The molecule has 1 rings (SSSR count). The Morgan fingerprint density at radius 1 is 1.10 bits per heavy atom. The molecule has 1 aliphatic carbocycles. The van der Waals surface area contributed by atoms with Gasteiger partial charge >= 0.3 is 0 Å². The molecule has 0 atom stereocenters. The van der Waals surface area contributed by atoms with Crippen molar-refractivity contribution in [3.8, 4) is 0 Å². The first-order valence-electron chi connectivity index (χ1n) is 5.96. The Balaban J connectivity index is 3.20. The highest BCUT2D eigenvalue weighted by atomic mass is 14.4. The van der Waals surface area contributed by atoms with Gasteiger partial charge in [0.1, 0.15) is 0 Å². The lowest BCUT2D eigenvalue weighted by molar-refractivity contribution is 0.0520. The molecule has 0 amide bonds. The van der Waals surface area contributed by atoms with E-state index in [1.807, 2.05) is 27.7 Å². The summed E-state index contributed by atoms with van der Waals surface area (Å²) in [5.74, 6) is 0. The van der Waals surface area contributed by atoms with E-state index in [4.69, 9.17) is 5.48 Å². The zero-order chi connectivity index (χ0) is 11.4. The molecule has 0 aromatic carbocycles. The van der Waals surface area contributed by atoms with E-state index in [0.29, 0.717) is 6.42 Å². The van der Waals surface area contributed by atoms with Crippen LogP contribution in [0.3, 0.4) is 0 Å². The van der Waals surface area contributed by atoms with Crippen LogP contribution < -0.4 is 0 Å². The number of hydrogen-bond donors (Lipinski definition) is 0. The highest BCUT2D eigenvalue weighted by molar-refractivity contribution is 4.89. The molecule has 1 fully saturated rings. The minimum atomic E-state index is -1.76. The average Bonchev–Trinajstić information content (AvgIpc) is 1.98. The van der Waals surface area contributed by atoms with E-state index in [-0.39, 0.29) is 5.41 Å². The van der Waals surface area contributed by atoms with Crippen molar-refractivity contribution in [3.63, 3.8) is 0 Å². The molecule has 0 aromatic heterocycles. The lowest BCUT2D eigenvalue weighted by Gasteiger charge is -2.45. The molecule has 0 unspecified atom stereocenters. The molecule has 0 N–H and O–H groups in total. The van der Waals surface area contributed by atoms with E-state index in [1.54, 1.807) is 0 Å². The molecule has 0 aromatic rings. The minimum absolute atomic E-state index is 0.151. The second kappa shape index (κ2) is 2.25. The topological polar surface area (TPSA) is 0 Å². The maximum absolute atomic E-state index is 7.98. The molecule has 10 heavy (non-hydrogen) atoms. The molecular weight excluding hydrogens is 120 g/mol. The van der Waals surface area contributed by atoms with Crippen molar-refractivity contribution >= 4 is 0 Å². The van der Waals surface area contributed by atoms with Gasteiger partial charge < -0.3 is 0 Å². The van der Waals surface area contributed by atoms with Gasteiger partial charge in [0.15, 0.2) is 0 Å². The maximum atomic E-state index is 7.98. The smallest absolute Gasteiger partial charge is 0.0272 e. The van der Waals surface area contributed by atoms with Crippen LogP contribution in [0.15, 0.2) is 0 Å². The largest absolute Gasteiger partial charge is 0.0594 e. The summed E-state index contributed by atoms with van der Waals surface area (Å²) in [6, 6.07) is 0. The van der Waals surface area contributed by atoms with Crippen LogP contribution in [0.5, 0.6) is 0 Å². The molecule has 1 saturated carbocycles. The predicted octanol–water partition coefficient (Wildman–Crippen LogP) is 3.61. The lowest BCUT2D eigenvalue weighted by Crippen LogP contribution is -2.35. The number of hydrogen-bond acceptors (Lipinski definition) is 0. The Hall–Kier alpha value is 0. The van der Waals surface area contributed by atoms with Crippen LogP contribution in [0.4, 0.5) is 0 Å². The van der Waals surface area contributed by atoms with Crippen LogP contribution in [0, 0.1) is 10.8 Å². The normalized spacial score (nSPS) is 46.0. The van der Waals surface area contributed by atoms with E-state index in [9.17, 15) is 0 Å². The SMILES string of the molecule is [2H]C1([2H])CCC(C)(C)C(C)(C)C1([2H])[2H]. The van der Waals surface area contributed by atoms with Gasteiger partial charge in [-0.3, -0.25) is 0 Å². The summed E-state index contributed by atoms with van der Waals surface area (Å²) in [5.41, 5.74) is -0.788. The molecule has 0 radical (unpaired) electrons. The van der Waals surface area contributed by atoms with Gasteiger partial charge in [-0.25, -0.2) is 0 Å². The van der Waals surface area contributed by atoms with E-state index in [1.165, 1.54) is 0 Å². The average molecular weight is 144 g/mol. The van der Waals surface area contributed by atoms with Crippen molar-refractivity contribution in [2.24, 2.45) is 10.8 Å². The molecule has 0 heteroatoms. The molecule has 0 nitrogen and oxygen atoms in total. The van der Waals surface area contributed by atoms with Crippen molar-refractivity contribution < 1.29 is 5.48 Å². The Morgan fingerprint density at radius 2 is 1.70 bits per heavy atom. The van der Waals surface area contributed by atoms with Crippen molar-refractivity contribution in [3.05, 3.63) is 0 Å². The van der Waals surface area contributed by atoms with Gasteiger partial charge in [-0.2, -0.15) is 0 Å². The molecule has 0 aliphatic heterocycles. The summed E-state index contributed by atoms with van der Waals surface area (Å²) >= 11 is 0. The first-order chi connectivity index (χ1) is 5.96. The highest BCUT2D eigenvalue weighted by Crippen LogP contribution is 2.49. The summed E-state index contributed by atoms with van der Waals surface area (Å²) in [6.07, 6.45) is -2.41. The van der Waals surface area contributed by atoms with Crippen LogP contribution in [-0.4, -0.2) is 0 Å². The maximum Gasteiger partial charge on any atom is 0.0272 e. The summed E-state index contributed by atoms with van der Waals surface area (Å²) in [4.78, 5) is 0. The highest BCUT2D eigenvalue weighted by Gasteiger charge is 2.38. The van der Waals surface area contributed by atoms with E-state index in [0.717, 1.165) is 6.42 Å². The Bertz CT molecular complexity index is 215. The van der Waals surface area contributed by atoms with Crippen LogP contribution in [0.2, 0.25) is 0 Å². The third kappa shape index (κ3) is 1.21. The zero-order valence-corrected chi connectivity index (χ0v) is 7.41. The molecular formula is C10H20.